The summed E-state index contributed by atoms with van der Waals surface area (Å²) in [6, 6.07) is 8.89. The molecule has 2 aromatic carbocycles. The average Bonchev–Trinajstić information content (AvgIpc) is 3.68. The van der Waals surface area contributed by atoms with E-state index in [4.69, 9.17) is 0 Å². The number of amides is 2. The van der Waals surface area contributed by atoms with Crippen molar-refractivity contribution in [3.05, 3.63) is 88.6 Å². The molecule has 0 aliphatic carbocycles. The van der Waals surface area contributed by atoms with Crippen LogP contribution in [-0.4, -0.2) is 50.2 Å². The van der Waals surface area contributed by atoms with E-state index in [2.05, 4.69) is 15.3 Å². The molecule has 1 saturated heterocycles. The van der Waals surface area contributed by atoms with Gasteiger partial charge in [0.25, 0.3) is 11.8 Å². The first kappa shape index (κ1) is 27.2. The van der Waals surface area contributed by atoms with E-state index in [9.17, 15) is 22.8 Å². The van der Waals surface area contributed by atoms with Gasteiger partial charge in [-0.25, -0.2) is 23.1 Å². The number of rotatable bonds is 6. The van der Waals surface area contributed by atoms with Crippen LogP contribution in [-0.2, 0) is 0 Å². The Morgan fingerprint density at radius 2 is 1.80 bits per heavy atom. The minimum absolute atomic E-state index is 0.145. The zero-order valence-electron chi connectivity index (χ0n) is 21.9. The van der Waals surface area contributed by atoms with Gasteiger partial charge in [-0.1, -0.05) is 12.1 Å². The highest BCUT2D eigenvalue weighted by Crippen LogP contribution is 2.37. The van der Waals surface area contributed by atoms with E-state index in [0.29, 0.717) is 45.4 Å². The Hall–Kier alpha value is -4.03. The number of carbonyl (C=O) groups excluding carboxylic acids is 2. The summed E-state index contributed by atoms with van der Waals surface area (Å²) in [5.41, 5.74) is 2.14. The first-order valence-electron chi connectivity index (χ1n) is 13.0. The second-order valence-corrected chi connectivity index (χ2v) is 11.7. The number of nitrogens with zero attached hydrogens (tertiary/aromatic N) is 4. The highest BCUT2D eigenvalue weighted by atomic mass is 32.1. The van der Waals surface area contributed by atoms with Crippen LogP contribution in [0, 0.1) is 24.4 Å². The fraction of sp³-hybridized carbons (Fsp3) is 0.241. The van der Waals surface area contributed by atoms with Crippen molar-refractivity contribution in [2.75, 3.05) is 13.1 Å². The van der Waals surface area contributed by atoms with Crippen molar-refractivity contribution in [3.8, 4) is 21.0 Å². The molecule has 0 unspecified atom stereocenters. The number of nitrogens with one attached hydrogen (secondary N) is 1. The summed E-state index contributed by atoms with van der Waals surface area (Å²) in [7, 11) is 0. The number of imidazole rings is 1. The molecule has 0 spiro atoms. The zero-order valence-corrected chi connectivity index (χ0v) is 23.5. The first-order valence-corrected chi connectivity index (χ1v) is 14.7. The van der Waals surface area contributed by atoms with Crippen LogP contribution in [0.4, 0.5) is 13.2 Å². The lowest BCUT2D eigenvalue weighted by Gasteiger charge is -2.35. The zero-order chi connectivity index (χ0) is 28.7. The summed E-state index contributed by atoms with van der Waals surface area (Å²) in [6.45, 7) is 2.50. The van der Waals surface area contributed by atoms with Crippen LogP contribution in [0.3, 0.4) is 0 Å². The summed E-state index contributed by atoms with van der Waals surface area (Å²) < 4.78 is 43.1. The number of halogens is 3. The molecule has 41 heavy (non-hydrogen) atoms. The molecule has 2 amide bonds. The lowest BCUT2D eigenvalue weighted by atomic mass is 10.0. The number of hydrogen-bond donors (Lipinski definition) is 1. The maximum atomic E-state index is 14.0. The fourth-order valence-corrected chi connectivity index (χ4v) is 6.91. The first-order chi connectivity index (χ1) is 19.8. The molecular formula is C29H24F3N5O2S2. The van der Waals surface area contributed by atoms with Gasteiger partial charge in [-0.3, -0.25) is 14.0 Å². The molecule has 12 heteroatoms. The number of carbonyl (C=O) groups is 2. The second-order valence-electron chi connectivity index (χ2n) is 9.79. The van der Waals surface area contributed by atoms with E-state index in [1.807, 2.05) is 5.38 Å². The molecule has 0 bridgehead atoms. The second kappa shape index (κ2) is 11.1. The summed E-state index contributed by atoms with van der Waals surface area (Å²) >= 11 is 2.59. The Morgan fingerprint density at radius 3 is 2.59 bits per heavy atom. The predicted molar refractivity (Wildman–Crippen MR) is 152 cm³/mol. The van der Waals surface area contributed by atoms with E-state index in [0.717, 1.165) is 41.3 Å². The number of hydrogen-bond acceptors (Lipinski definition) is 6. The fourth-order valence-electron chi connectivity index (χ4n) is 5.09. The quantitative estimate of drug-likeness (QED) is 0.249. The van der Waals surface area contributed by atoms with Gasteiger partial charge in [0.05, 0.1) is 10.6 Å². The summed E-state index contributed by atoms with van der Waals surface area (Å²) in [5, 5.41) is 5.18. The highest BCUT2D eigenvalue weighted by molar-refractivity contribution is 7.18. The van der Waals surface area contributed by atoms with Crippen LogP contribution in [0.2, 0.25) is 0 Å². The minimum atomic E-state index is -1.02. The van der Waals surface area contributed by atoms with Gasteiger partial charge in [-0.15, -0.1) is 22.7 Å². The van der Waals surface area contributed by atoms with Crippen LogP contribution < -0.4 is 5.32 Å². The molecule has 7 nitrogen and oxygen atoms in total. The third kappa shape index (κ3) is 5.24. The SMILES string of the molecule is Cc1nc2sccn2c1C(=O)NC[C@@H]1CCCCN1C(=O)c1nc(-c2ccc(F)c(F)c2)sc1-c1ccc(F)cc1. The molecular weight excluding hydrogens is 571 g/mol. The van der Waals surface area contributed by atoms with Crippen molar-refractivity contribution >= 4 is 39.4 Å². The number of benzene rings is 2. The molecule has 5 aromatic rings. The molecule has 210 valence electrons. The number of likely N-dealkylation sites (tertiary alicyclic amines) is 1. The van der Waals surface area contributed by atoms with Gasteiger partial charge >= 0.3 is 0 Å². The van der Waals surface area contributed by atoms with Crippen molar-refractivity contribution < 1.29 is 22.8 Å². The van der Waals surface area contributed by atoms with Crippen molar-refractivity contribution in [2.24, 2.45) is 0 Å². The molecule has 1 N–H and O–H groups in total. The lowest BCUT2D eigenvalue weighted by Crippen LogP contribution is -2.49. The van der Waals surface area contributed by atoms with Crippen LogP contribution in [0.15, 0.2) is 54.0 Å². The van der Waals surface area contributed by atoms with Crippen molar-refractivity contribution in [1.82, 2.24) is 24.6 Å². The molecule has 0 saturated carbocycles. The molecule has 1 atom stereocenters. The number of aromatic nitrogens is 3. The molecule has 1 aliphatic rings. The Bertz CT molecular complexity index is 1760. The third-order valence-electron chi connectivity index (χ3n) is 7.14. The van der Waals surface area contributed by atoms with Crippen molar-refractivity contribution in [3.63, 3.8) is 0 Å². The van der Waals surface area contributed by atoms with Gasteiger partial charge in [-0.05, 0) is 62.1 Å². The molecule has 3 aromatic heterocycles. The Morgan fingerprint density at radius 1 is 1.02 bits per heavy atom. The predicted octanol–water partition coefficient (Wildman–Crippen LogP) is 6.34. The highest BCUT2D eigenvalue weighted by Gasteiger charge is 2.32. The molecule has 6 rings (SSSR count). The molecule has 4 heterocycles. The van der Waals surface area contributed by atoms with Gasteiger partial charge in [0, 0.05) is 36.3 Å². The van der Waals surface area contributed by atoms with Crippen molar-refractivity contribution in [1.29, 1.82) is 0 Å². The Labute approximate surface area is 241 Å². The number of piperidine rings is 1. The van der Waals surface area contributed by atoms with Gasteiger partial charge in [0.2, 0.25) is 0 Å². The minimum Gasteiger partial charge on any atom is -0.349 e. The Kier molecular flexibility index (Phi) is 7.35. The molecule has 1 fully saturated rings. The van der Waals surface area contributed by atoms with Gasteiger partial charge in [-0.2, -0.15) is 0 Å². The van der Waals surface area contributed by atoms with Gasteiger partial charge in [0.1, 0.15) is 22.2 Å². The third-order valence-corrected chi connectivity index (χ3v) is 9.05. The summed E-state index contributed by atoms with van der Waals surface area (Å²) in [5.74, 6) is -3.04. The average molecular weight is 596 g/mol. The van der Waals surface area contributed by atoms with Gasteiger partial charge < -0.3 is 10.2 Å². The van der Waals surface area contributed by atoms with Crippen molar-refractivity contribution in [2.45, 2.75) is 32.2 Å². The standard InChI is InChI=1S/C29H24F3N5O2S2/c1-16-24(37-12-13-40-29(37)34-16)26(38)33-15-20-4-2-3-11-36(20)28(39)23-25(17-5-8-19(30)9-6-17)41-27(35-23)18-7-10-21(31)22(32)14-18/h5-10,12-14,20H,2-4,11,15H2,1H3,(H,33,38)/t20-/m0/s1. The number of fused-ring (bicyclic) bond motifs is 1. The van der Waals surface area contributed by atoms with Crippen LogP contribution in [0.1, 0.15) is 45.9 Å². The van der Waals surface area contributed by atoms with E-state index in [1.165, 1.54) is 29.5 Å². The number of thiazole rings is 2. The monoisotopic (exact) mass is 595 g/mol. The van der Waals surface area contributed by atoms with E-state index in [1.54, 1.807) is 34.6 Å². The van der Waals surface area contributed by atoms with Gasteiger partial charge in [0.15, 0.2) is 16.6 Å². The lowest BCUT2D eigenvalue weighted by molar-refractivity contribution is 0.0598. The molecule has 0 radical (unpaired) electrons. The maximum absolute atomic E-state index is 14.0. The largest absolute Gasteiger partial charge is 0.349 e. The topological polar surface area (TPSA) is 79.6 Å². The summed E-state index contributed by atoms with van der Waals surface area (Å²) in [4.78, 5) is 39.1. The maximum Gasteiger partial charge on any atom is 0.274 e. The van der Waals surface area contributed by atoms with E-state index in [-0.39, 0.29) is 30.1 Å². The smallest absolute Gasteiger partial charge is 0.274 e. The van der Waals surface area contributed by atoms with Crippen LogP contribution in [0.25, 0.3) is 26.0 Å². The summed E-state index contributed by atoms with van der Waals surface area (Å²) in [6.07, 6.45) is 4.18. The Balaban J connectivity index is 1.30. The van der Waals surface area contributed by atoms with Crippen LogP contribution >= 0.6 is 22.7 Å². The molecule has 1 aliphatic heterocycles. The normalized spacial score (nSPS) is 15.4. The van der Waals surface area contributed by atoms with E-state index >= 15 is 0 Å². The van der Waals surface area contributed by atoms with Crippen LogP contribution in [0.5, 0.6) is 0 Å². The number of aryl methyl sites for hydroxylation is 1. The van der Waals surface area contributed by atoms with E-state index < -0.39 is 17.5 Å².